The molecule has 0 aliphatic rings. The Labute approximate surface area is 141 Å². The Kier molecular flexibility index (Phi) is 4.51. The summed E-state index contributed by atoms with van der Waals surface area (Å²) in [6, 6.07) is 15.8. The first-order valence-corrected chi connectivity index (χ1v) is 8.11. The van der Waals surface area contributed by atoms with E-state index in [0.717, 1.165) is 22.3 Å². The minimum atomic E-state index is 0.00738. The Morgan fingerprint density at radius 2 is 1.88 bits per heavy atom. The first-order chi connectivity index (χ1) is 11.6. The SMILES string of the molecule is Cc1cccc(NC(=O)CCCn2c(=N)n(C)c3ccccc32)c1. The van der Waals surface area contributed by atoms with Crippen molar-refractivity contribution in [3.63, 3.8) is 0 Å². The topological polar surface area (TPSA) is 62.8 Å². The van der Waals surface area contributed by atoms with Crippen LogP contribution in [0.25, 0.3) is 11.0 Å². The van der Waals surface area contributed by atoms with Crippen LogP contribution in [0.2, 0.25) is 0 Å². The van der Waals surface area contributed by atoms with Gasteiger partial charge in [-0.2, -0.15) is 0 Å². The molecule has 0 aliphatic carbocycles. The van der Waals surface area contributed by atoms with E-state index >= 15 is 0 Å². The van der Waals surface area contributed by atoms with Crippen LogP contribution in [-0.4, -0.2) is 15.0 Å². The van der Waals surface area contributed by atoms with E-state index in [1.807, 2.05) is 71.6 Å². The molecular weight excluding hydrogens is 300 g/mol. The molecule has 3 rings (SSSR count). The van der Waals surface area contributed by atoms with Crippen LogP contribution in [0.3, 0.4) is 0 Å². The van der Waals surface area contributed by atoms with Crippen LogP contribution in [0.15, 0.2) is 48.5 Å². The highest BCUT2D eigenvalue weighted by Crippen LogP contribution is 2.13. The van der Waals surface area contributed by atoms with Crippen molar-refractivity contribution in [2.24, 2.45) is 7.05 Å². The van der Waals surface area contributed by atoms with E-state index in [2.05, 4.69) is 5.32 Å². The van der Waals surface area contributed by atoms with Crippen molar-refractivity contribution in [2.45, 2.75) is 26.3 Å². The van der Waals surface area contributed by atoms with Gasteiger partial charge in [0.2, 0.25) is 11.5 Å². The molecule has 0 saturated heterocycles. The first kappa shape index (κ1) is 16.1. The van der Waals surface area contributed by atoms with Gasteiger partial charge in [0, 0.05) is 25.7 Å². The average molecular weight is 322 g/mol. The molecule has 1 heterocycles. The van der Waals surface area contributed by atoms with Crippen molar-refractivity contribution < 1.29 is 4.79 Å². The number of carbonyl (C=O) groups excluding carboxylic acids is 1. The molecule has 2 aromatic carbocycles. The quantitative estimate of drug-likeness (QED) is 0.744. The molecular formula is C19H22N4O. The van der Waals surface area contributed by atoms with E-state index in [1.54, 1.807) is 0 Å². The lowest BCUT2D eigenvalue weighted by atomic mass is 10.2. The van der Waals surface area contributed by atoms with E-state index in [9.17, 15) is 4.79 Å². The maximum absolute atomic E-state index is 12.1. The summed E-state index contributed by atoms with van der Waals surface area (Å²) in [5, 5.41) is 11.2. The van der Waals surface area contributed by atoms with Gasteiger partial charge >= 0.3 is 0 Å². The lowest BCUT2D eigenvalue weighted by Crippen LogP contribution is -2.23. The summed E-state index contributed by atoms with van der Waals surface area (Å²) in [4.78, 5) is 12.1. The minimum Gasteiger partial charge on any atom is -0.326 e. The predicted molar refractivity (Wildman–Crippen MR) is 95.8 cm³/mol. The molecule has 0 fully saturated rings. The third-order valence-corrected chi connectivity index (χ3v) is 4.19. The Morgan fingerprint density at radius 1 is 1.12 bits per heavy atom. The zero-order valence-electron chi connectivity index (χ0n) is 14.0. The van der Waals surface area contributed by atoms with Crippen LogP contribution >= 0.6 is 0 Å². The van der Waals surface area contributed by atoms with Crippen LogP contribution in [0.1, 0.15) is 18.4 Å². The van der Waals surface area contributed by atoms with Crippen molar-refractivity contribution in [3.8, 4) is 0 Å². The van der Waals surface area contributed by atoms with Gasteiger partial charge in [0.15, 0.2) is 0 Å². The van der Waals surface area contributed by atoms with Gasteiger partial charge in [0.25, 0.3) is 0 Å². The molecule has 3 aromatic rings. The standard InChI is InChI=1S/C19H22N4O/c1-14-7-5-8-15(13-14)21-18(24)11-6-12-23-17-10-4-3-9-16(17)22(2)19(23)20/h3-5,7-10,13,20H,6,11-12H2,1-2H3,(H,21,24). The fraction of sp³-hybridized carbons (Fsp3) is 0.263. The van der Waals surface area contributed by atoms with Gasteiger partial charge in [-0.15, -0.1) is 0 Å². The second kappa shape index (κ2) is 6.74. The third kappa shape index (κ3) is 3.25. The molecule has 0 atom stereocenters. The number of para-hydroxylation sites is 2. The number of hydrogen-bond acceptors (Lipinski definition) is 2. The molecule has 24 heavy (non-hydrogen) atoms. The van der Waals surface area contributed by atoms with Crippen molar-refractivity contribution >= 4 is 22.6 Å². The van der Waals surface area contributed by atoms with Gasteiger partial charge in [-0.05, 0) is 43.2 Å². The van der Waals surface area contributed by atoms with Crippen LogP contribution in [0, 0.1) is 12.3 Å². The number of nitrogens with zero attached hydrogens (tertiary/aromatic N) is 2. The van der Waals surface area contributed by atoms with Crippen LogP contribution < -0.4 is 10.9 Å². The number of nitrogens with one attached hydrogen (secondary N) is 2. The molecule has 0 aliphatic heterocycles. The highest BCUT2D eigenvalue weighted by atomic mass is 16.1. The minimum absolute atomic E-state index is 0.00738. The lowest BCUT2D eigenvalue weighted by Gasteiger charge is -2.07. The summed E-state index contributed by atoms with van der Waals surface area (Å²) >= 11 is 0. The third-order valence-electron chi connectivity index (χ3n) is 4.19. The lowest BCUT2D eigenvalue weighted by molar-refractivity contribution is -0.116. The number of imidazole rings is 1. The number of hydrogen-bond donors (Lipinski definition) is 2. The van der Waals surface area contributed by atoms with Gasteiger partial charge in [-0.25, -0.2) is 0 Å². The summed E-state index contributed by atoms with van der Waals surface area (Å²) in [6.45, 7) is 2.66. The van der Waals surface area contributed by atoms with Crippen LogP contribution in [0.4, 0.5) is 5.69 Å². The molecule has 0 spiro atoms. The highest BCUT2D eigenvalue weighted by molar-refractivity contribution is 5.90. The number of aromatic nitrogens is 2. The summed E-state index contributed by atoms with van der Waals surface area (Å²) < 4.78 is 3.82. The maximum atomic E-state index is 12.1. The van der Waals surface area contributed by atoms with Crippen LogP contribution in [0.5, 0.6) is 0 Å². The Bertz CT molecular complexity index is 936. The first-order valence-electron chi connectivity index (χ1n) is 8.11. The van der Waals surface area contributed by atoms with Gasteiger partial charge in [-0.1, -0.05) is 24.3 Å². The molecule has 0 radical (unpaired) electrons. The van der Waals surface area contributed by atoms with Gasteiger partial charge in [0.05, 0.1) is 11.0 Å². The van der Waals surface area contributed by atoms with Crippen molar-refractivity contribution in [3.05, 3.63) is 59.7 Å². The highest BCUT2D eigenvalue weighted by Gasteiger charge is 2.08. The molecule has 0 unspecified atom stereocenters. The summed E-state index contributed by atoms with van der Waals surface area (Å²) in [6.07, 6.45) is 1.13. The molecule has 0 bridgehead atoms. The zero-order chi connectivity index (χ0) is 17.1. The van der Waals surface area contributed by atoms with Gasteiger partial charge in [-0.3, -0.25) is 10.2 Å². The van der Waals surface area contributed by atoms with E-state index in [4.69, 9.17) is 5.41 Å². The molecule has 124 valence electrons. The normalized spacial score (nSPS) is 10.9. The molecule has 5 nitrogen and oxygen atoms in total. The average Bonchev–Trinajstić information content (AvgIpc) is 2.80. The van der Waals surface area contributed by atoms with E-state index < -0.39 is 0 Å². The summed E-state index contributed by atoms with van der Waals surface area (Å²) in [5.41, 5.74) is 4.48. The van der Waals surface area contributed by atoms with Gasteiger partial charge in [0.1, 0.15) is 0 Å². The fourth-order valence-electron chi connectivity index (χ4n) is 2.96. The van der Waals surface area contributed by atoms with E-state index in [-0.39, 0.29) is 5.91 Å². The second-order valence-corrected chi connectivity index (χ2v) is 6.04. The number of aryl methyl sites for hydroxylation is 3. The molecule has 1 aromatic heterocycles. The number of fused-ring (bicyclic) bond motifs is 1. The Balaban J connectivity index is 1.64. The smallest absolute Gasteiger partial charge is 0.224 e. The largest absolute Gasteiger partial charge is 0.326 e. The van der Waals surface area contributed by atoms with Gasteiger partial charge < -0.3 is 14.5 Å². The van der Waals surface area contributed by atoms with Crippen molar-refractivity contribution in [1.29, 1.82) is 5.41 Å². The summed E-state index contributed by atoms with van der Waals surface area (Å²) in [7, 11) is 1.89. The Hall–Kier alpha value is -2.82. The van der Waals surface area contributed by atoms with Crippen molar-refractivity contribution in [1.82, 2.24) is 9.13 Å². The fourth-order valence-corrected chi connectivity index (χ4v) is 2.96. The molecule has 1 amide bonds. The number of anilines is 1. The zero-order valence-corrected chi connectivity index (χ0v) is 14.0. The van der Waals surface area contributed by atoms with Crippen molar-refractivity contribution in [2.75, 3.05) is 5.32 Å². The second-order valence-electron chi connectivity index (χ2n) is 6.04. The molecule has 0 saturated carbocycles. The molecule has 5 heteroatoms. The number of benzene rings is 2. The predicted octanol–water partition coefficient (Wildman–Crippen LogP) is 3.19. The van der Waals surface area contributed by atoms with E-state index in [0.29, 0.717) is 25.0 Å². The monoisotopic (exact) mass is 322 g/mol. The summed E-state index contributed by atoms with van der Waals surface area (Å²) in [5.74, 6) is 0.00738. The van der Waals surface area contributed by atoms with E-state index in [1.165, 1.54) is 0 Å². The van der Waals surface area contributed by atoms with Crippen LogP contribution in [-0.2, 0) is 18.4 Å². The maximum Gasteiger partial charge on any atom is 0.224 e. The number of amides is 1. The number of carbonyl (C=O) groups is 1. The number of rotatable bonds is 5. The Morgan fingerprint density at radius 3 is 2.62 bits per heavy atom. The molecule has 2 N–H and O–H groups in total.